The standard InChI is InChI=1S/C15H30N2O6/c1-9-5-15(2,17-8-16)6-13(21-9)22-11-4-10(19)12(7-18)23-14(11)20-3/h9-14,17-19H,4-8,16H2,1-3H3. The topological polar surface area (TPSA) is 115 Å². The number of rotatable bonds is 6. The molecular formula is C15H30N2O6. The van der Waals surface area contributed by atoms with Crippen LogP contribution in [0.25, 0.3) is 0 Å². The number of aliphatic hydroxyl groups is 2. The Bertz CT molecular complexity index is 374. The van der Waals surface area contributed by atoms with Crippen LogP contribution in [-0.4, -0.2) is 73.1 Å². The molecule has 8 nitrogen and oxygen atoms in total. The van der Waals surface area contributed by atoms with Crippen LogP contribution < -0.4 is 11.1 Å². The monoisotopic (exact) mass is 334 g/mol. The Balaban J connectivity index is 1.99. The highest BCUT2D eigenvalue weighted by Crippen LogP contribution is 2.32. The van der Waals surface area contributed by atoms with Crippen molar-refractivity contribution in [3.05, 3.63) is 0 Å². The molecule has 0 radical (unpaired) electrons. The molecule has 0 amide bonds. The summed E-state index contributed by atoms with van der Waals surface area (Å²) in [7, 11) is 1.51. The van der Waals surface area contributed by atoms with E-state index in [9.17, 15) is 10.2 Å². The zero-order chi connectivity index (χ0) is 17.0. The largest absolute Gasteiger partial charge is 0.394 e. The summed E-state index contributed by atoms with van der Waals surface area (Å²) in [5.41, 5.74) is 5.46. The van der Waals surface area contributed by atoms with Crippen molar-refractivity contribution in [2.45, 2.75) is 75.6 Å². The summed E-state index contributed by atoms with van der Waals surface area (Å²) in [4.78, 5) is 0. The smallest absolute Gasteiger partial charge is 0.184 e. The molecule has 0 aromatic heterocycles. The van der Waals surface area contributed by atoms with Crippen molar-refractivity contribution in [1.29, 1.82) is 0 Å². The van der Waals surface area contributed by atoms with Crippen molar-refractivity contribution in [2.75, 3.05) is 20.4 Å². The summed E-state index contributed by atoms with van der Waals surface area (Å²) in [6.45, 7) is 4.22. The van der Waals surface area contributed by atoms with Gasteiger partial charge in [0.25, 0.3) is 0 Å². The molecule has 2 rings (SSSR count). The molecule has 7 atom stereocenters. The summed E-state index contributed by atoms with van der Waals surface area (Å²) in [6, 6.07) is 0. The molecule has 0 aliphatic carbocycles. The predicted octanol–water partition coefficient (Wildman–Crippen LogP) is -0.724. The van der Waals surface area contributed by atoms with Crippen LogP contribution in [0, 0.1) is 0 Å². The molecule has 0 aromatic carbocycles. The lowest BCUT2D eigenvalue weighted by molar-refractivity contribution is -0.313. The first kappa shape index (κ1) is 19.0. The molecule has 136 valence electrons. The normalized spacial score (nSPS) is 45.1. The van der Waals surface area contributed by atoms with Crippen LogP contribution in [0.1, 0.15) is 33.1 Å². The molecule has 0 bridgehead atoms. The van der Waals surface area contributed by atoms with Crippen molar-refractivity contribution >= 4 is 0 Å². The molecule has 2 heterocycles. The third kappa shape index (κ3) is 4.83. The lowest BCUT2D eigenvalue weighted by atomic mass is 9.88. The molecule has 2 saturated heterocycles. The Morgan fingerprint density at radius 1 is 1.35 bits per heavy atom. The minimum atomic E-state index is -0.800. The van der Waals surface area contributed by atoms with E-state index in [2.05, 4.69) is 12.2 Å². The Kier molecular flexibility index (Phi) is 6.76. The van der Waals surface area contributed by atoms with Crippen molar-refractivity contribution in [2.24, 2.45) is 5.73 Å². The molecule has 7 unspecified atom stereocenters. The summed E-state index contributed by atoms with van der Waals surface area (Å²) in [6.07, 6.45) is -1.18. The first-order valence-corrected chi connectivity index (χ1v) is 8.14. The van der Waals surface area contributed by atoms with Crippen LogP contribution in [0.3, 0.4) is 0 Å². The highest BCUT2D eigenvalue weighted by atomic mass is 16.7. The van der Waals surface area contributed by atoms with E-state index in [0.717, 1.165) is 6.42 Å². The highest BCUT2D eigenvalue weighted by Gasteiger charge is 2.42. The fourth-order valence-corrected chi connectivity index (χ4v) is 3.45. The van der Waals surface area contributed by atoms with Crippen molar-refractivity contribution < 1.29 is 29.2 Å². The Labute approximate surface area is 137 Å². The second kappa shape index (κ2) is 8.17. The van der Waals surface area contributed by atoms with Gasteiger partial charge in [-0.3, -0.25) is 5.32 Å². The van der Waals surface area contributed by atoms with Gasteiger partial charge < -0.3 is 34.9 Å². The molecule has 5 N–H and O–H groups in total. The van der Waals surface area contributed by atoms with Gasteiger partial charge in [0.1, 0.15) is 12.2 Å². The second-order valence-corrected chi connectivity index (χ2v) is 6.66. The lowest BCUT2D eigenvalue weighted by Crippen LogP contribution is -2.56. The van der Waals surface area contributed by atoms with Gasteiger partial charge >= 0.3 is 0 Å². The molecule has 0 spiro atoms. The summed E-state index contributed by atoms with van der Waals surface area (Å²) >= 11 is 0. The lowest BCUT2D eigenvalue weighted by Gasteiger charge is -2.44. The van der Waals surface area contributed by atoms with Gasteiger partial charge in [-0.05, 0) is 20.3 Å². The predicted molar refractivity (Wildman–Crippen MR) is 82.4 cm³/mol. The number of aliphatic hydroxyl groups excluding tert-OH is 2. The van der Waals surface area contributed by atoms with Crippen molar-refractivity contribution in [1.82, 2.24) is 5.32 Å². The minimum Gasteiger partial charge on any atom is -0.394 e. The molecule has 0 aromatic rings. The van der Waals surface area contributed by atoms with Gasteiger partial charge in [0, 0.05) is 32.2 Å². The van der Waals surface area contributed by atoms with Crippen LogP contribution in [0.2, 0.25) is 0 Å². The zero-order valence-corrected chi connectivity index (χ0v) is 14.1. The van der Waals surface area contributed by atoms with Gasteiger partial charge in [-0.1, -0.05) is 0 Å². The van der Waals surface area contributed by atoms with E-state index in [1.807, 2.05) is 6.92 Å². The van der Waals surface area contributed by atoms with Crippen LogP contribution >= 0.6 is 0 Å². The van der Waals surface area contributed by atoms with Gasteiger partial charge in [0.05, 0.1) is 18.8 Å². The molecule has 2 aliphatic rings. The van der Waals surface area contributed by atoms with Crippen molar-refractivity contribution in [3.8, 4) is 0 Å². The fraction of sp³-hybridized carbons (Fsp3) is 1.00. The Morgan fingerprint density at radius 2 is 2.09 bits per heavy atom. The minimum absolute atomic E-state index is 0.0263. The molecular weight excluding hydrogens is 304 g/mol. The number of methoxy groups -OCH3 is 1. The van der Waals surface area contributed by atoms with Crippen LogP contribution in [0.4, 0.5) is 0 Å². The maximum Gasteiger partial charge on any atom is 0.184 e. The average Bonchev–Trinajstić information content (AvgIpc) is 2.46. The third-order valence-electron chi connectivity index (χ3n) is 4.52. The van der Waals surface area contributed by atoms with E-state index in [4.69, 9.17) is 24.7 Å². The molecule has 8 heteroatoms. The SMILES string of the molecule is COC1OC(CO)C(O)CC1OC1CC(C)(NCN)CC(C)O1. The Morgan fingerprint density at radius 3 is 2.70 bits per heavy atom. The average molecular weight is 334 g/mol. The summed E-state index contributed by atoms with van der Waals surface area (Å²) in [5.74, 6) is 0. The maximum absolute atomic E-state index is 10.0. The van der Waals surface area contributed by atoms with Crippen LogP contribution in [0.15, 0.2) is 0 Å². The first-order chi connectivity index (χ1) is 10.9. The van der Waals surface area contributed by atoms with Crippen LogP contribution in [-0.2, 0) is 18.9 Å². The quantitative estimate of drug-likeness (QED) is 0.470. The van der Waals surface area contributed by atoms with E-state index < -0.39 is 30.9 Å². The number of hydrogen-bond donors (Lipinski definition) is 4. The maximum atomic E-state index is 10.0. The van der Waals surface area contributed by atoms with E-state index in [1.54, 1.807) is 0 Å². The zero-order valence-electron chi connectivity index (χ0n) is 14.1. The third-order valence-corrected chi connectivity index (χ3v) is 4.52. The number of nitrogens with one attached hydrogen (secondary N) is 1. The van der Waals surface area contributed by atoms with Crippen LogP contribution in [0.5, 0.6) is 0 Å². The summed E-state index contributed by atoms with van der Waals surface area (Å²) in [5, 5.41) is 22.5. The number of nitrogens with two attached hydrogens (primary N) is 1. The van der Waals surface area contributed by atoms with E-state index in [0.29, 0.717) is 19.5 Å². The summed E-state index contributed by atoms with van der Waals surface area (Å²) < 4.78 is 22.7. The number of ether oxygens (including phenoxy) is 4. The fourth-order valence-electron chi connectivity index (χ4n) is 3.45. The molecule has 0 saturated carbocycles. The van der Waals surface area contributed by atoms with Crippen molar-refractivity contribution in [3.63, 3.8) is 0 Å². The highest BCUT2D eigenvalue weighted by molar-refractivity contribution is 4.90. The van der Waals surface area contributed by atoms with Gasteiger partial charge in [0.15, 0.2) is 12.6 Å². The van der Waals surface area contributed by atoms with Gasteiger partial charge in [-0.2, -0.15) is 0 Å². The van der Waals surface area contributed by atoms with E-state index in [-0.39, 0.29) is 18.2 Å². The molecule has 2 fully saturated rings. The molecule has 23 heavy (non-hydrogen) atoms. The van der Waals surface area contributed by atoms with E-state index in [1.165, 1.54) is 7.11 Å². The molecule has 2 aliphatic heterocycles. The van der Waals surface area contributed by atoms with E-state index >= 15 is 0 Å². The second-order valence-electron chi connectivity index (χ2n) is 6.66. The first-order valence-electron chi connectivity index (χ1n) is 8.14. The van der Waals surface area contributed by atoms with Gasteiger partial charge in [0.2, 0.25) is 0 Å². The van der Waals surface area contributed by atoms with Gasteiger partial charge in [-0.25, -0.2) is 0 Å². The number of hydrogen-bond acceptors (Lipinski definition) is 8. The van der Waals surface area contributed by atoms with Gasteiger partial charge in [-0.15, -0.1) is 0 Å². The Hall–Kier alpha value is -0.320.